The van der Waals surface area contributed by atoms with Crippen molar-refractivity contribution in [3.8, 4) is 0 Å². The lowest BCUT2D eigenvalue weighted by atomic mass is 9.79. The van der Waals surface area contributed by atoms with Crippen molar-refractivity contribution < 1.29 is 0 Å². The minimum Gasteiger partial charge on any atom is -0.103 e. The van der Waals surface area contributed by atoms with Gasteiger partial charge in [0.2, 0.25) is 0 Å². The number of hydrogen-bond donors (Lipinski definition) is 0. The zero-order valence-electron chi connectivity index (χ0n) is 9.86. The van der Waals surface area contributed by atoms with E-state index < -0.39 is 0 Å². The summed E-state index contributed by atoms with van der Waals surface area (Å²) in [5.41, 5.74) is 2.71. The molecule has 1 aliphatic carbocycles. The molecular formula is C16H20. The van der Waals surface area contributed by atoms with Crippen LogP contribution in [-0.2, 0) is 0 Å². The first-order valence-corrected chi connectivity index (χ1v) is 6.18. The van der Waals surface area contributed by atoms with Crippen LogP contribution in [-0.4, -0.2) is 0 Å². The van der Waals surface area contributed by atoms with E-state index in [9.17, 15) is 0 Å². The van der Waals surface area contributed by atoms with Crippen LogP contribution in [0.1, 0.15) is 42.7 Å². The Labute approximate surface area is 98.7 Å². The van der Waals surface area contributed by atoms with Gasteiger partial charge in [-0.25, -0.2) is 0 Å². The van der Waals surface area contributed by atoms with Gasteiger partial charge in [0.05, 0.1) is 0 Å². The fraction of sp³-hybridized carbons (Fsp3) is 0.375. The summed E-state index contributed by atoms with van der Waals surface area (Å²) in [7, 11) is 0. The largest absolute Gasteiger partial charge is 0.103 e. The Morgan fingerprint density at radius 2 is 1.56 bits per heavy atom. The van der Waals surface area contributed by atoms with E-state index in [0.717, 1.165) is 11.8 Å². The van der Waals surface area contributed by atoms with Crippen LogP contribution in [0, 0.1) is 5.92 Å². The van der Waals surface area contributed by atoms with Crippen molar-refractivity contribution >= 4 is 6.08 Å². The third kappa shape index (κ3) is 2.44. The summed E-state index contributed by atoms with van der Waals surface area (Å²) >= 11 is 0. The minimum absolute atomic E-state index is 0.753. The van der Waals surface area contributed by atoms with Gasteiger partial charge in [0.1, 0.15) is 0 Å². The number of allylic oxidation sites excluding steroid dienone is 1. The maximum atomic E-state index is 3.89. The molecule has 1 fully saturated rings. The van der Waals surface area contributed by atoms with E-state index >= 15 is 0 Å². The third-order valence-electron chi connectivity index (χ3n) is 3.75. The predicted octanol–water partition coefficient (Wildman–Crippen LogP) is 4.79. The van der Waals surface area contributed by atoms with Crippen LogP contribution in [0.25, 0.3) is 6.08 Å². The molecule has 0 radical (unpaired) electrons. The van der Waals surface area contributed by atoms with Gasteiger partial charge in [-0.3, -0.25) is 0 Å². The second-order valence-corrected chi connectivity index (χ2v) is 4.72. The van der Waals surface area contributed by atoms with Gasteiger partial charge >= 0.3 is 0 Å². The van der Waals surface area contributed by atoms with E-state index in [4.69, 9.17) is 0 Å². The number of hydrogen-bond acceptors (Lipinski definition) is 0. The quantitative estimate of drug-likeness (QED) is 0.632. The average molecular weight is 212 g/mol. The van der Waals surface area contributed by atoms with E-state index in [0.29, 0.717) is 0 Å². The predicted molar refractivity (Wildman–Crippen MR) is 71.4 cm³/mol. The minimum atomic E-state index is 0.753. The van der Waals surface area contributed by atoms with Crippen molar-refractivity contribution in [3.05, 3.63) is 54.6 Å². The molecule has 0 heterocycles. The first kappa shape index (κ1) is 11.2. The summed E-state index contributed by atoms with van der Waals surface area (Å²) in [6, 6.07) is 8.86. The van der Waals surface area contributed by atoms with Gasteiger partial charge in [0, 0.05) is 0 Å². The average Bonchev–Trinajstić information content (AvgIpc) is 2.39. The zero-order valence-corrected chi connectivity index (χ0v) is 9.86. The van der Waals surface area contributed by atoms with Crippen molar-refractivity contribution in [3.63, 3.8) is 0 Å². The maximum absolute atomic E-state index is 3.89. The molecule has 0 bridgehead atoms. The monoisotopic (exact) mass is 212 g/mol. The van der Waals surface area contributed by atoms with E-state index in [1.54, 1.807) is 0 Å². The second kappa shape index (κ2) is 5.16. The fourth-order valence-electron chi connectivity index (χ4n) is 2.59. The molecule has 2 rings (SSSR count). The van der Waals surface area contributed by atoms with E-state index in [-0.39, 0.29) is 0 Å². The SMILES string of the molecule is C=Cc1ccc(C2CCC(C=C)CC2)cc1. The molecule has 0 heteroatoms. The highest BCUT2D eigenvalue weighted by Crippen LogP contribution is 2.36. The zero-order chi connectivity index (χ0) is 11.4. The molecule has 0 unspecified atom stereocenters. The van der Waals surface area contributed by atoms with Gasteiger partial charge in [-0.2, -0.15) is 0 Å². The highest BCUT2D eigenvalue weighted by atomic mass is 14.2. The summed E-state index contributed by atoms with van der Waals surface area (Å²) in [6.07, 6.45) is 9.25. The highest BCUT2D eigenvalue weighted by Gasteiger charge is 2.20. The maximum Gasteiger partial charge on any atom is -0.0162 e. The molecule has 0 saturated heterocycles. The van der Waals surface area contributed by atoms with E-state index in [1.807, 2.05) is 6.08 Å². The van der Waals surface area contributed by atoms with Gasteiger partial charge in [0.25, 0.3) is 0 Å². The third-order valence-corrected chi connectivity index (χ3v) is 3.75. The number of benzene rings is 1. The lowest BCUT2D eigenvalue weighted by Gasteiger charge is -2.26. The summed E-state index contributed by atoms with van der Waals surface area (Å²) in [5, 5.41) is 0. The number of rotatable bonds is 3. The lowest BCUT2D eigenvalue weighted by Crippen LogP contribution is -2.11. The second-order valence-electron chi connectivity index (χ2n) is 4.72. The van der Waals surface area contributed by atoms with Gasteiger partial charge in [0.15, 0.2) is 0 Å². The van der Waals surface area contributed by atoms with Crippen LogP contribution in [0.3, 0.4) is 0 Å². The molecule has 1 aliphatic rings. The molecule has 16 heavy (non-hydrogen) atoms. The van der Waals surface area contributed by atoms with Gasteiger partial charge < -0.3 is 0 Å². The van der Waals surface area contributed by atoms with Crippen molar-refractivity contribution in [1.82, 2.24) is 0 Å². The van der Waals surface area contributed by atoms with Crippen LogP contribution in [0.5, 0.6) is 0 Å². The Balaban J connectivity index is 2.02. The van der Waals surface area contributed by atoms with Crippen LogP contribution in [0.4, 0.5) is 0 Å². The molecule has 84 valence electrons. The van der Waals surface area contributed by atoms with Crippen molar-refractivity contribution in [2.24, 2.45) is 5.92 Å². The molecular weight excluding hydrogens is 192 g/mol. The van der Waals surface area contributed by atoms with Gasteiger partial charge in [-0.15, -0.1) is 6.58 Å². The van der Waals surface area contributed by atoms with E-state index in [2.05, 4.69) is 43.5 Å². The fourth-order valence-corrected chi connectivity index (χ4v) is 2.59. The lowest BCUT2D eigenvalue weighted by molar-refractivity contribution is 0.376. The van der Waals surface area contributed by atoms with Gasteiger partial charge in [-0.05, 0) is 48.6 Å². The summed E-state index contributed by atoms with van der Waals surface area (Å²) in [4.78, 5) is 0. The van der Waals surface area contributed by atoms with Crippen LogP contribution < -0.4 is 0 Å². The Hall–Kier alpha value is -1.30. The first-order valence-electron chi connectivity index (χ1n) is 6.18. The molecule has 1 aromatic rings. The van der Waals surface area contributed by atoms with Crippen molar-refractivity contribution in [2.45, 2.75) is 31.6 Å². The molecule has 0 aliphatic heterocycles. The Morgan fingerprint density at radius 1 is 0.938 bits per heavy atom. The topological polar surface area (TPSA) is 0 Å². The molecule has 0 atom stereocenters. The summed E-state index contributed by atoms with van der Waals surface area (Å²) < 4.78 is 0. The Bertz CT molecular complexity index is 350. The molecule has 1 saturated carbocycles. The molecule has 0 aromatic heterocycles. The first-order chi connectivity index (χ1) is 7.83. The summed E-state index contributed by atoms with van der Waals surface area (Å²) in [5.74, 6) is 1.51. The molecule has 0 spiro atoms. The van der Waals surface area contributed by atoms with Crippen molar-refractivity contribution in [1.29, 1.82) is 0 Å². The normalized spacial score (nSPS) is 25.0. The molecule has 0 nitrogen and oxygen atoms in total. The molecule has 1 aromatic carbocycles. The Morgan fingerprint density at radius 3 is 2.06 bits per heavy atom. The highest BCUT2D eigenvalue weighted by molar-refractivity contribution is 5.47. The molecule has 0 amide bonds. The standard InChI is InChI=1S/C16H20/c1-3-13-5-9-15(10-6-13)16-11-7-14(4-2)8-12-16/h3-6,9-10,14,16H,1-2,7-8,11-12H2. The van der Waals surface area contributed by atoms with Crippen LogP contribution in [0.15, 0.2) is 43.5 Å². The van der Waals surface area contributed by atoms with E-state index in [1.165, 1.54) is 36.8 Å². The van der Waals surface area contributed by atoms with Crippen LogP contribution in [0.2, 0.25) is 0 Å². The molecule has 0 N–H and O–H groups in total. The van der Waals surface area contributed by atoms with Gasteiger partial charge in [-0.1, -0.05) is 43.0 Å². The smallest absolute Gasteiger partial charge is 0.0162 e. The van der Waals surface area contributed by atoms with Crippen molar-refractivity contribution in [2.75, 3.05) is 0 Å². The van der Waals surface area contributed by atoms with Crippen LogP contribution >= 0.6 is 0 Å². The Kier molecular flexibility index (Phi) is 3.61. The summed E-state index contributed by atoms with van der Waals surface area (Å²) in [6.45, 7) is 7.68.